The number of hydrogen-bond donors (Lipinski definition) is 1. The van der Waals surface area contributed by atoms with Gasteiger partial charge in [-0.2, -0.15) is 0 Å². The maximum Gasteiger partial charge on any atom is 0.270 e. The quantitative estimate of drug-likeness (QED) is 0.412. The predicted octanol–water partition coefficient (Wildman–Crippen LogP) is 2.57. The predicted molar refractivity (Wildman–Crippen MR) is 107 cm³/mol. The highest BCUT2D eigenvalue weighted by atomic mass is 16.6. The number of carbonyl (C=O) groups is 1. The Morgan fingerprint density at radius 3 is 2.79 bits per heavy atom. The summed E-state index contributed by atoms with van der Waals surface area (Å²) in [5.41, 5.74) is 0.579. The van der Waals surface area contributed by atoms with Gasteiger partial charge in [0.1, 0.15) is 6.61 Å². The standard InChI is InChI=1S/C20H23N3O6/c1-22(12-15-13-28-18-5-3-4-6-19(18)29-15)20(24)16-11-14(23(25)26)7-8-17(16)21-9-10-27-2/h3-8,11,15,21H,9-10,12-13H2,1-2H3/t15-/m0/s1. The van der Waals surface area contributed by atoms with Crippen LogP contribution >= 0.6 is 0 Å². The second-order valence-corrected chi connectivity index (χ2v) is 6.59. The van der Waals surface area contributed by atoms with Gasteiger partial charge in [-0.1, -0.05) is 12.1 Å². The number of rotatable bonds is 8. The van der Waals surface area contributed by atoms with Crippen molar-refractivity contribution in [3.05, 3.63) is 58.1 Å². The van der Waals surface area contributed by atoms with E-state index < -0.39 is 4.92 Å². The molecule has 2 aromatic rings. The Morgan fingerprint density at radius 2 is 2.07 bits per heavy atom. The molecule has 2 aromatic carbocycles. The summed E-state index contributed by atoms with van der Waals surface area (Å²) in [6, 6.07) is 11.5. The molecule has 1 amide bonds. The summed E-state index contributed by atoms with van der Waals surface area (Å²) in [5.74, 6) is 0.944. The molecular weight excluding hydrogens is 378 g/mol. The van der Waals surface area contributed by atoms with Gasteiger partial charge in [0.25, 0.3) is 11.6 Å². The van der Waals surface area contributed by atoms with Gasteiger partial charge in [-0.3, -0.25) is 14.9 Å². The zero-order valence-corrected chi connectivity index (χ0v) is 16.3. The van der Waals surface area contributed by atoms with Crippen LogP contribution in [0, 0.1) is 10.1 Å². The van der Waals surface area contributed by atoms with Gasteiger partial charge in [-0.15, -0.1) is 0 Å². The molecule has 0 spiro atoms. The van der Waals surface area contributed by atoms with Crippen molar-refractivity contribution in [2.45, 2.75) is 6.10 Å². The number of benzene rings is 2. The summed E-state index contributed by atoms with van der Waals surface area (Å²) in [5, 5.41) is 14.2. The summed E-state index contributed by atoms with van der Waals surface area (Å²) in [4.78, 5) is 25.1. The van der Waals surface area contributed by atoms with Crippen molar-refractivity contribution < 1.29 is 23.9 Å². The monoisotopic (exact) mass is 401 g/mol. The molecule has 0 aliphatic carbocycles. The van der Waals surface area contributed by atoms with Gasteiger partial charge in [-0.25, -0.2) is 0 Å². The van der Waals surface area contributed by atoms with Crippen LogP contribution in [0.5, 0.6) is 11.5 Å². The fourth-order valence-electron chi connectivity index (χ4n) is 3.01. The summed E-state index contributed by atoms with van der Waals surface area (Å²) >= 11 is 0. The number of ether oxygens (including phenoxy) is 3. The van der Waals surface area contributed by atoms with Gasteiger partial charge in [0.2, 0.25) is 0 Å². The molecule has 9 heteroatoms. The SMILES string of the molecule is COCCNc1ccc([N+](=O)[O-])cc1C(=O)N(C)C[C@H]1COc2ccccc2O1. The molecule has 0 bridgehead atoms. The molecule has 0 saturated carbocycles. The third-order valence-electron chi connectivity index (χ3n) is 4.46. The molecule has 1 aliphatic heterocycles. The number of para-hydroxylation sites is 2. The molecule has 0 unspecified atom stereocenters. The first kappa shape index (κ1) is 20.4. The summed E-state index contributed by atoms with van der Waals surface area (Å²) in [6.07, 6.45) is -0.345. The first-order valence-corrected chi connectivity index (χ1v) is 9.14. The maximum absolute atomic E-state index is 13.0. The number of methoxy groups -OCH3 is 1. The van der Waals surface area contributed by atoms with E-state index in [1.54, 1.807) is 14.2 Å². The number of carbonyl (C=O) groups excluding carboxylic acids is 1. The lowest BCUT2D eigenvalue weighted by molar-refractivity contribution is -0.384. The topological polar surface area (TPSA) is 103 Å². The molecule has 29 heavy (non-hydrogen) atoms. The van der Waals surface area contributed by atoms with Crippen LogP contribution in [-0.4, -0.2) is 62.3 Å². The normalized spacial score (nSPS) is 14.9. The van der Waals surface area contributed by atoms with Crippen molar-refractivity contribution in [1.29, 1.82) is 0 Å². The second-order valence-electron chi connectivity index (χ2n) is 6.59. The highest BCUT2D eigenvalue weighted by molar-refractivity contribution is 6.00. The number of hydrogen-bond acceptors (Lipinski definition) is 7. The van der Waals surface area contributed by atoms with Crippen LogP contribution in [-0.2, 0) is 4.74 Å². The summed E-state index contributed by atoms with van der Waals surface area (Å²) < 4.78 is 16.6. The van der Waals surface area contributed by atoms with Gasteiger partial charge >= 0.3 is 0 Å². The van der Waals surface area contributed by atoms with Crippen LogP contribution in [0.2, 0.25) is 0 Å². The van der Waals surface area contributed by atoms with Gasteiger partial charge in [0, 0.05) is 38.5 Å². The molecule has 154 valence electrons. The van der Waals surface area contributed by atoms with Crippen molar-refractivity contribution in [1.82, 2.24) is 4.90 Å². The highest BCUT2D eigenvalue weighted by Gasteiger charge is 2.26. The average Bonchev–Trinajstić information content (AvgIpc) is 2.73. The zero-order valence-electron chi connectivity index (χ0n) is 16.3. The number of likely N-dealkylation sites (N-methyl/N-ethyl adjacent to an activating group) is 1. The van der Waals surface area contributed by atoms with Gasteiger partial charge < -0.3 is 24.4 Å². The Kier molecular flexibility index (Phi) is 6.50. The van der Waals surface area contributed by atoms with E-state index in [2.05, 4.69) is 5.32 Å². The molecule has 1 N–H and O–H groups in total. The Bertz CT molecular complexity index is 888. The Labute approximate surface area is 168 Å². The highest BCUT2D eigenvalue weighted by Crippen LogP contribution is 2.31. The minimum atomic E-state index is -0.523. The third-order valence-corrected chi connectivity index (χ3v) is 4.46. The molecule has 0 fully saturated rings. The van der Waals surface area contributed by atoms with E-state index in [1.165, 1.54) is 23.1 Å². The van der Waals surface area contributed by atoms with Crippen molar-refractivity contribution in [2.24, 2.45) is 0 Å². The number of fused-ring (bicyclic) bond motifs is 1. The smallest absolute Gasteiger partial charge is 0.270 e. The van der Waals surface area contributed by atoms with E-state index in [0.29, 0.717) is 36.9 Å². The number of nitrogens with zero attached hydrogens (tertiary/aromatic N) is 2. The van der Waals surface area contributed by atoms with E-state index >= 15 is 0 Å². The van der Waals surface area contributed by atoms with E-state index in [1.807, 2.05) is 24.3 Å². The number of nitrogens with one attached hydrogen (secondary N) is 1. The van der Waals surface area contributed by atoms with E-state index in [0.717, 1.165) is 0 Å². The largest absolute Gasteiger partial charge is 0.486 e. The molecule has 1 atom stereocenters. The first-order valence-electron chi connectivity index (χ1n) is 9.14. The minimum absolute atomic E-state index is 0.148. The van der Waals surface area contributed by atoms with Gasteiger partial charge in [-0.05, 0) is 18.2 Å². The van der Waals surface area contributed by atoms with Crippen LogP contribution in [0.3, 0.4) is 0 Å². The number of anilines is 1. The fourth-order valence-corrected chi connectivity index (χ4v) is 3.01. The lowest BCUT2D eigenvalue weighted by Crippen LogP contribution is -2.42. The number of non-ortho nitro benzene ring substituents is 1. The number of nitro groups is 1. The molecule has 3 rings (SSSR count). The maximum atomic E-state index is 13.0. The van der Waals surface area contributed by atoms with E-state index in [9.17, 15) is 14.9 Å². The molecular formula is C20H23N3O6. The van der Waals surface area contributed by atoms with Crippen LogP contribution in [0.15, 0.2) is 42.5 Å². The first-order chi connectivity index (χ1) is 14.0. The number of nitro benzene ring substituents is 1. The average molecular weight is 401 g/mol. The Hall–Kier alpha value is -3.33. The molecule has 9 nitrogen and oxygen atoms in total. The molecule has 1 heterocycles. The van der Waals surface area contributed by atoms with Crippen molar-refractivity contribution >= 4 is 17.3 Å². The lowest BCUT2D eigenvalue weighted by Gasteiger charge is -2.30. The third kappa shape index (κ3) is 4.94. The fraction of sp³-hybridized carbons (Fsp3) is 0.350. The summed E-state index contributed by atoms with van der Waals surface area (Å²) in [7, 11) is 3.20. The number of amides is 1. The summed E-state index contributed by atoms with van der Waals surface area (Å²) in [6.45, 7) is 1.48. The second kappa shape index (κ2) is 9.24. The van der Waals surface area contributed by atoms with Gasteiger partial charge in [0.15, 0.2) is 17.6 Å². The zero-order chi connectivity index (χ0) is 20.8. The molecule has 0 saturated heterocycles. The Balaban J connectivity index is 1.74. The van der Waals surface area contributed by atoms with Crippen LogP contribution < -0.4 is 14.8 Å². The Morgan fingerprint density at radius 1 is 1.31 bits per heavy atom. The van der Waals surface area contributed by atoms with Crippen LogP contribution in [0.1, 0.15) is 10.4 Å². The van der Waals surface area contributed by atoms with Crippen LogP contribution in [0.25, 0.3) is 0 Å². The van der Waals surface area contributed by atoms with Crippen molar-refractivity contribution in [3.8, 4) is 11.5 Å². The van der Waals surface area contributed by atoms with Crippen molar-refractivity contribution in [2.75, 3.05) is 45.8 Å². The molecule has 1 aliphatic rings. The van der Waals surface area contributed by atoms with Gasteiger partial charge in [0.05, 0.1) is 23.6 Å². The molecule has 0 radical (unpaired) electrons. The minimum Gasteiger partial charge on any atom is -0.486 e. The van der Waals surface area contributed by atoms with Crippen LogP contribution in [0.4, 0.5) is 11.4 Å². The van der Waals surface area contributed by atoms with E-state index in [4.69, 9.17) is 14.2 Å². The van der Waals surface area contributed by atoms with Crippen molar-refractivity contribution in [3.63, 3.8) is 0 Å². The lowest BCUT2D eigenvalue weighted by atomic mass is 10.1. The van der Waals surface area contributed by atoms with E-state index in [-0.39, 0.29) is 29.8 Å². The molecule has 0 aromatic heterocycles.